The number of hydrogen-bond acceptors (Lipinski definition) is 2. The highest BCUT2D eigenvalue weighted by atomic mass is 16.2. The summed E-state index contributed by atoms with van der Waals surface area (Å²) >= 11 is 0. The molecule has 0 saturated carbocycles. The van der Waals surface area contributed by atoms with Crippen LogP contribution in [0, 0.1) is 0 Å². The molecule has 0 spiro atoms. The second-order valence-corrected chi connectivity index (χ2v) is 2.41. The lowest BCUT2D eigenvalue weighted by Gasteiger charge is -2.28. The average molecular weight is 140 g/mol. The normalized spacial score (nSPS) is 18.4. The molecule has 0 radical (unpaired) electrons. The van der Waals surface area contributed by atoms with Gasteiger partial charge in [0, 0.05) is 25.9 Å². The van der Waals surface area contributed by atoms with Crippen LogP contribution in [0.25, 0.3) is 0 Å². The van der Waals surface area contributed by atoms with E-state index < -0.39 is 0 Å². The summed E-state index contributed by atoms with van der Waals surface area (Å²) in [5, 5.41) is 0. The van der Waals surface area contributed by atoms with Crippen LogP contribution in [-0.4, -0.2) is 36.0 Å². The minimum atomic E-state index is 0.112. The Morgan fingerprint density at radius 1 is 1.70 bits per heavy atom. The quantitative estimate of drug-likeness (QED) is 0.521. The molecule has 1 aliphatic rings. The number of rotatable bonds is 1. The smallest absolute Gasteiger partial charge is 0.249 e. The van der Waals surface area contributed by atoms with Crippen LogP contribution in [0.2, 0.25) is 0 Å². The summed E-state index contributed by atoms with van der Waals surface area (Å²) < 4.78 is 0. The standard InChI is InChI=1S/C7H12N2O/c1-3-9-6-8(2)5-4-7(9)10/h4-5H,3,6H2,1-2H3. The zero-order valence-electron chi connectivity index (χ0n) is 6.37. The summed E-state index contributed by atoms with van der Waals surface area (Å²) in [5.41, 5.74) is 0. The van der Waals surface area contributed by atoms with Crippen molar-refractivity contribution in [2.45, 2.75) is 6.92 Å². The van der Waals surface area contributed by atoms with Gasteiger partial charge in [-0.05, 0) is 6.92 Å². The molecule has 1 rings (SSSR count). The fourth-order valence-corrected chi connectivity index (χ4v) is 0.938. The van der Waals surface area contributed by atoms with E-state index in [-0.39, 0.29) is 5.91 Å². The molecule has 0 aromatic heterocycles. The van der Waals surface area contributed by atoms with Crippen molar-refractivity contribution in [1.29, 1.82) is 0 Å². The first-order valence-electron chi connectivity index (χ1n) is 3.41. The molecule has 3 heteroatoms. The lowest BCUT2D eigenvalue weighted by Crippen LogP contribution is -2.40. The molecule has 56 valence electrons. The molecular weight excluding hydrogens is 128 g/mol. The van der Waals surface area contributed by atoms with Crippen molar-refractivity contribution in [3.8, 4) is 0 Å². The molecule has 0 aromatic rings. The monoisotopic (exact) mass is 140 g/mol. The fraction of sp³-hybridized carbons (Fsp3) is 0.571. The Bertz CT molecular complexity index is 165. The molecule has 0 atom stereocenters. The largest absolute Gasteiger partial charge is 0.363 e. The molecule has 0 fully saturated rings. The van der Waals surface area contributed by atoms with Gasteiger partial charge in [0.25, 0.3) is 0 Å². The minimum absolute atomic E-state index is 0.112. The van der Waals surface area contributed by atoms with Gasteiger partial charge in [0.15, 0.2) is 0 Å². The van der Waals surface area contributed by atoms with Crippen molar-refractivity contribution < 1.29 is 4.79 Å². The van der Waals surface area contributed by atoms with Crippen molar-refractivity contribution in [2.24, 2.45) is 0 Å². The lowest BCUT2D eigenvalue weighted by atomic mass is 10.4. The third-order valence-corrected chi connectivity index (χ3v) is 1.56. The third-order valence-electron chi connectivity index (χ3n) is 1.56. The molecule has 0 unspecified atom stereocenters. The van der Waals surface area contributed by atoms with Gasteiger partial charge >= 0.3 is 0 Å². The van der Waals surface area contributed by atoms with Crippen molar-refractivity contribution in [3.05, 3.63) is 12.3 Å². The van der Waals surface area contributed by atoms with Crippen molar-refractivity contribution >= 4 is 5.91 Å². The number of hydrogen-bond donors (Lipinski definition) is 0. The third kappa shape index (κ3) is 1.29. The van der Waals surface area contributed by atoms with E-state index >= 15 is 0 Å². The Labute approximate surface area is 60.9 Å². The van der Waals surface area contributed by atoms with Crippen molar-refractivity contribution in [3.63, 3.8) is 0 Å². The Morgan fingerprint density at radius 2 is 2.40 bits per heavy atom. The van der Waals surface area contributed by atoms with Crippen LogP contribution in [0.5, 0.6) is 0 Å². The van der Waals surface area contributed by atoms with Gasteiger partial charge in [0.05, 0.1) is 6.67 Å². The predicted molar refractivity (Wildman–Crippen MR) is 39.2 cm³/mol. The van der Waals surface area contributed by atoms with Crippen LogP contribution in [0.1, 0.15) is 6.92 Å². The molecule has 10 heavy (non-hydrogen) atoms. The average Bonchev–Trinajstić information content (AvgIpc) is 1.94. The van der Waals surface area contributed by atoms with Crippen molar-refractivity contribution in [1.82, 2.24) is 9.80 Å². The van der Waals surface area contributed by atoms with E-state index in [0.717, 1.165) is 6.54 Å². The van der Waals surface area contributed by atoms with Crippen LogP contribution in [0.4, 0.5) is 0 Å². The predicted octanol–water partition coefficient (Wildman–Crippen LogP) is 0.252. The SMILES string of the molecule is CCN1CN(C)C=CC1=O. The van der Waals surface area contributed by atoms with Gasteiger partial charge in [-0.15, -0.1) is 0 Å². The van der Waals surface area contributed by atoms with Crippen LogP contribution in [0.15, 0.2) is 12.3 Å². The summed E-state index contributed by atoms with van der Waals surface area (Å²) in [6.07, 6.45) is 3.39. The van der Waals surface area contributed by atoms with E-state index in [1.54, 1.807) is 17.2 Å². The summed E-state index contributed by atoms with van der Waals surface area (Å²) in [4.78, 5) is 14.7. The Hall–Kier alpha value is -0.990. The van der Waals surface area contributed by atoms with E-state index in [2.05, 4.69) is 0 Å². The zero-order chi connectivity index (χ0) is 7.56. The van der Waals surface area contributed by atoms with E-state index in [9.17, 15) is 4.79 Å². The van der Waals surface area contributed by atoms with Crippen LogP contribution in [-0.2, 0) is 4.79 Å². The minimum Gasteiger partial charge on any atom is -0.363 e. The molecule has 1 amide bonds. The highest BCUT2D eigenvalue weighted by Crippen LogP contribution is 2.00. The maximum Gasteiger partial charge on any atom is 0.249 e. The molecule has 0 aliphatic carbocycles. The number of carbonyl (C=O) groups excluding carboxylic acids is 1. The van der Waals surface area contributed by atoms with Gasteiger partial charge in [-0.2, -0.15) is 0 Å². The highest BCUT2D eigenvalue weighted by molar-refractivity contribution is 5.88. The molecule has 1 aliphatic heterocycles. The first-order chi connectivity index (χ1) is 4.74. The zero-order valence-corrected chi connectivity index (χ0v) is 6.37. The van der Waals surface area contributed by atoms with Gasteiger partial charge in [-0.1, -0.05) is 0 Å². The molecule has 0 aromatic carbocycles. The van der Waals surface area contributed by atoms with Crippen LogP contribution < -0.4 is 0 Å². The van der Waals surface area contributed by atoms with Gasteiger partial charge < -0.3 is 9.80 Å². The van der Waals surface area contributed by atoms with Gasteiger partial charge in [-0.25, -0.2) is 0 Å². The molecule has 3 nitrogen and oxygen atoms in total. The van der Waals surface area contributed by atoms with E-state index in [4.69, 9.17) is 0 Å². The number of carbonyl (C=O) groups is 1. The summed E-state index contributed by atoms with van der Waals surface area (Å²) in [6, 6.07) is 0. The molecule has 1 heterocycles. The maximum absolute atomic E-state index is 11.0. The van der Waals surface area contributed by atoms with Crippen molar-refractivity contribution in [2.75, 3.05) is 20.3 Å². The summed E-state index contributed by atoms with van der Waals surface area (Å²) in [6.45, 7) is 3.48. The number of nitrogens with zero attached hydrogens (tertiary/aromatic N) is 2. The molecule has 0 N–H and O–H groups in total. The second kappa shape index (κ2) is 2.73. The summed E-state index contributed by atoms with van der Waals surface area (Å²) in [7, 11) is 1.95. The first-order valence-corrected chi connectivity index (χ1v) is 3.41. The van der Waals surface area contributed by atoms with E-state index in [1.807, 2.05) is 18.9 Å². The van der Waals surface area contributed by atoms with Gasteiger partial charge in [0.2, 0.25) is 5.91 Å². The van der Waals surface area contributed by atoms with Crippen LogP contribution in [0.3, 0.4) is 0 Å². The number of likely N-dealkylation sites (N-methyl/N-ethyl adjacent to an activating group) is 1. The second-order valence-electron chi connectivity index (χ2n) is 2.41. The fourth-order valence-electron chi connectivity index (χ4n) is 0.938. The molecular formula is C7H12N2O. The Kier molecular flexibility index (Phi) is 1.94. The lowest BCUT2D eigenvalue weighted by molar-refractivity contribution is -0.128. The highest BCUT2D eigenvalue weighted by Gasteiger charge is 2.12. The number of amides is 1. The van der Waals surface area contributed by atoms with Gasteiger partial charge in [0.1, 0.15) is 0 Å². The van der Waals surface area contributed by atoms with E-state index in [0.29, 0.717) is 6.67 Å². The van der Waals surface area contributed by atoms with Crippen LogP contribution >= 0.6 is 0 Å². The molecule has 0 saturated heterocycles. The maximum atomic E-state index is 11.0. The van der Waals surface area contributed by atoms with E-state index in [1.165, 1.54) is 0 Å². The Balaban J connectivity index is 2.62. The first kappa shape index (κ1) is 7.12. The molecule has 0 bridgehead atoms. The van der Waals surface area contributed by atoms with Gasteiger partial charge in [-0.3, -0.25) is 4.79 Å². The topological polar surface area (TPSA) is 23.6 Å². The Morgan fingerprint density at radius 3 is 2.90 bits per heavy atom. The summed E-state index contributed by atoms with van der Waals surface area (Å²) in [5.74, 6) is 0.112.